The lowest BCUT2D eigenvalue weighted by Gasteiger charge is -2.12. The fourth-order valence-corrected chi connectivity index (χ4v) is 3.19. The number of nitrogens with zero attached hydrogens (tertiary/aromatic N) is 2. The Bertz CT molecular complexity index is 773. The van der Waals surface area contributed by atoms with Crippen LogP contribution in [0.1, 0.15) is 31.2 Å². The number of halogens is 2. The van der Waals surface area contributed by atoms with Crippen LogP contribution in [0.2, 0.25) is 10.0 Å². The summed E-state index contributed by atoms with van der Waals surface area (Å²) < 4.78 is 2.23. The van der Waals surface area contributed by atoms with E-state index in [0.717, 1.165) is 41.7 Å². The third kappa shape index (κ3) is 2.99. The normalized spacial score (nSPS) is 11.2. The van der Waals surface area contributed by atoms with Crippen LogP contribution in [-0.2, 0) is 13.0 Å². The van der Waals surface area contributed by atoms with Crippen LogP contribution in [0.25, 0.3) is 11.0 Å². The van der Waals surface area contributed by atoms with Crippen LogP contribution >= 0.6 is 23.2 Å². The van der Waals surface area contributed by atoms with Crippen molar-refractivity contribution in [2.45, 2.75) is 32.7 Å². The van der Waals surface area contributed by atoms with Gasteiger partial charge in [-0.25, -0.2) is 4.98 Å². The van der Waals surface area contributed by atoms with E-state index in [9.17, 15) is 0 Å². The first-order chi connectivity index (χ1) is 10.7. The molecule has 2 nitrogen and oxygen atoms in total. The van der Waals surface area contributed by atoms with Gasteiger partial charge in [-0.05, 0) is 30.7 Å². The Morgan fingerprint density at radius 2 is 1.73 bits per heavy atom. The maximum absolute atomic E-state index is 6.34. The Morgan fingerprint density at radius 3 is 2.45 bits per heavy atom. The zero-order valence-electron chi connectivity index (χ0n) is 12.5. The van der Waals surface area contributed by atoms with Crippen LogP contribution in [0.3, 0.4) is 0 Å². The predicted octanol–water partition coefficient (Wildman–Crippen LogP) is 5.73. The van der Waals surface area contributed by atoms with Crippen LogP contribution in [0.5, 0.6) is 0 Å². The zero-order chi connectivity index (χ0) is 15.5. The van der Waals surface area contributed by atoms with Gasteiger partial charge in [0.25, 0.3) is 0 Å². The average molecular weight is 333 g/mol. The van der Waals surface area contributed by atoms with Crippen LogP contribution in [0.15, 0.2) is 42.5 Å². The molecular formula is C18H18Cl2N2. The molecule has 0 fully saturated rings. The van der Waals surface area contributed by atoms with Crippen LogP contribution in [0.4, 0.5) is 0 Å². The monoisotopic (exact) mass is 332 g/mol. The molecule has 3 aromatic rings. The third-order valence-corrected chi connectivity index (χ3v) is 4.57. The second-order valence-corrected chi connectivity index (χ2v) is 6.22. The summed E-state index contributed by atoms with van der Waals surface area (Å²) in [5.74, 6) is 1.10. The highest BCUT2D eigenvalue weighted by Crippen LogP contribution is 2.27. The number of rotatable bonds is 5. The molecule has 3 rings (SSSR count). The van der Waals surface area contributed by atoms with Crippen molar-refractivity contribution in [1.82, 2.24) is 9.55 Å². The van der Waals surface area contributed by atoms with E-state index in [1.165, 1.54) is 0 Å². The topological polar surface area (TPSA) is 17.8 Å². The molecule has 114 valence electrons. The Labute approximate surface area is 140 Å². The van der Waals surface area contributed by atoms with Crippen LogP contribution < -0.4 is 0 Å². The Hall–Kier alpha value is -1.51. The van der Waals surface area contributed by atoms with E-state index in [4.69, 9.17) is 28.2 Å². The van der Waals surface area contributed by atoms with E-state index in [0.29, 0.717) is 16.6 Å². The zero-order valence-corrected chi connectivity index (χ0v) is 14.0. The number of unbranched alkanes of at least 4 members (excludes halogenated alkanes) is 1. The minimum absolute atomic E-state index is 0.651. The fraction of sp³-hybridized carbons (Fsp3) is 0.278. The molecule has 1 aromatic heterocycles. The first-order valence-electron chi connectivity index (χ1n) is 7.57. The molecule has 0 N–H and O–H groups in total. The highest BCUT2D eigenvalue weighted by atomic mass is 35.5. The molecule has 0 amide bonds. The van der Waals surface area contributed by atoms with Crippen molar-refractivity contribution in [3.05, 3.63) is 63.9 Å². The molecule has 0 spiro atoms. The fourth-order valence-electron chi connectivity index (χ4n) is 2.67. The quantitative estimate of drug-likeness (QED) is 0.583. The molecular weight excluding hydrogens is 315 g/mol. The molecule has 0 saturated carbocycles. The van der Waals surface area contributed by atoms with Gasteiger partial charge in [0, 0.05) is 22.0 Å². The van der Waals surface area contributed by atoms with Crippen molar-refractivity contribution in [3.63, 3.8) is 0 Å². The number of fused-ring (bicyclic) bond motifs is 1. The Balaban J connectivity index is 2.08. The van der Waals surface area contributed by atoms with Gasteiger partial charge < -0.3 is 4.57 Å². The van der Waals surface area contributed by atoms with Gasteiger partial charge in [-0.2, -0.15) is 0 Å². The summed E-state index contributed by atoms with van der Waals surface area (Å²) >= 11 is 12.7. The van der Waals surface area contributed by atoms with Gasteiger partial charge in [0.05, 0.1) is 17.6 Å². The molecule has 0 aliphatic heterocycles. The minimum atomic E-state index is 0.651. The lowest BCUT2D eigenvalue weighted by Crippen LogP contribution is -2.06. The van der Waals surface area contributed by atoms with E-state index in [2.05, 4.69) is 23.6 Å². The van der Waals surface area contributed by atoms with Crippen LogP contribution in [-0.4, -0.2) is 9.55 Å². The lowest BCUT2D eigenvalue weighted by molar-refractivity contribution is 0.690. The molecule has 22 heavy (non-hydrogen) atoms. The van der Waals surface area contributed by atoms with Gasteiger partial charge in [-0.15, -0.1) is 0 Å². The third-order valence-electron chi connectivity index (χ3n) is 3.87. The number of hydrogen-bond acceptors (Lipinski definition) is 1. The first-order valence-corrected chi connectivity index (χ1v) is 8.33. The molecule has 0 bridgehead atoms. The number of aromatic nitrogens is 2. The Morgan fingerprint density at radius 1 is 1.00 bits per heavy atom. The standard InChI is InChI=1S/C18H18Cl2N2/c1-2-3-11-18-21-16-9-4-5-10-17(16)22(18)12-13-14(19)7-6-8-15(13)20/h4-10H,2-3,11-12H2,1H3. The van der Waals surface area contributed by atoms with Gasteiger partial charge in [0.1, 0.15) is 5.82 Å². The van der Waals surface area contributed by atoms with Crippen molar-refractivity contribution in [3.8, 4) is 0 Å². The molecule has 0 unspecified atom stereocenters. The summed E-state index contributed by atoms with van der Waals surface area (Å²) in [5.41, 5.74) is 3.10. The summed E-state index contributed by atoms with van der Waals surface area (Å²) in [6, 6.07) is 13.8. The number of para-hydroxylation sites is 2. The molecule has 1 heterocycles. The minimum Gasteiger partial charge on any atom is -0.323 e. The van der Waals surface area contributed by atoms with Gasteiger partial charge in [-0.3, -0.25) is 0 Å². The summed E-state index contributed by atoms with van der Waals surface area (Å²) in [6.07, 6.45) is 3.24. The average Bonchev–Trinajstić information content (AvgIpc) is 2.86. The van der Waals surface area contributed by atoms with Gasteiger partial charge >= 0.3 is 0 Å². The van der Waals surface area contributed by atoms with E-state index in [1.54, 1.807) is 0 Å². The predicted molar refractivity (Wildman–Crippen MR) is 93.9 cm³/mol. The smallest absolute Gasteiger partial charge is 0.110 e. The molecule has 0 radical (unpaired) electrons. The van der Waals surface area contributed by atoms with E-state index >= 15 is 0 Å². The highest BCUT2D eigenvalue weighted by molar-refractivity contribution is 6.36. The SMILES string of the molecule is CCCCc1nc2ccccc2n1Cc1c(Cl)cccc1Cl. The molecule has 0 atom stereocenters. The van der Waals surface area contributed by atoms with E-state index < -0.39 is 0 Å². The highest BCUT2D eigenvalue weighted by Gasteiger charge is 2.13. The summed E-state index contributed by atoms with van der Waals surface area (Å²) in [7, 11) is 0. The second-order valence-electron chi connectivity index (χ2n) is 5.41. The van der Waals surface area contributed by atoms with Crippen molar-refractivity contribution in [2.75, 3.05) is 0 Å². The van der Waals surface area contributed by atoms with Gasteiger partial charge in [0.15, 0.2) is 0 Å². The number of imidazole rings is 1. The molecule has 0 aliphatic rings. The summed E-state index contributed by atoms with van der Waals surface area (Å²) in [6.45, 7) is 2.84. The first kappa shape index (κ1) is 15.4. The summed E-state index contributed by atoms with van der Waals surface area (Å²) in [5, 5.41) is 1.40. The lowest BCUT2D eigenvalue weighted by atomic mass is 10.2. The van der Waals surface area contributed by atoms with Crippen molar-refractivity contribution >= 4 is 34.2 Å². The number of benzene rings is 2. The largest absolute Gasteiger partial charge is 0.323 e. The maximum Gasteiger partial charge on any atom is 0.110 e. The maximum atomic E-state index is 6.34. The van der Waals surface area contributed by atoms with E-state index in [1.807, 2.05) is 30.3 Å². The Kier molecular flexibility index (Phi) is 4.70. The molecule has 0 saturated heterocycles. The number of aryl methyl sites for hydroxylation is 1. The van der Waals surface area contributed by atoms with Crippen molar-refractivity contribution in [2.24, 2.45) is 0 Å². The van der Waals surface area contributed by atoms with Gasteiger partial charge in [0.2, 0.25) is 0 Å². The molecule has 4 heteroatoms. The van der Waals surface area contributed by atoms with Crippen LogP contribution in [0, 0.1) is 0 Å². The van der Waals surface area contributed by atoms with Gasteiger partial charge in [-0.1, -0.05) is 54.7 Å². The number of hydrogen-bond donors (Lipinski definition) is 0. The molecule has 0 aliphatic carbocycles. The van der Waals surface area contributed by atoms with E-state index in [-0.39, 0.29) is 0 Å². The van der Waals surface area contributed by atoms with Crippen molar-refractivity contribution in [1.29, 1.82) is 0 Å². The molecule has 2 aromatic carbocycles. The van der Waals surface area contributed by atoms with Crippen molar-refractivity contribution < 1.29 is 0 Å². The second kappa shape index (κ2) is 6.72. The summed E-state index contributed by atoms with van der Waals surface area (Å²) in [4.78, 5) is 4.78.